The van der Waals surface area contributed by atoms with Gasteiger partial charge in [0.25, 0.3) is 5.56 Å². The topological polar surface area (TPSA) is 120 Å². The van der Waals surface area contributed by atoms with E-state index in [9.17, 15) is 28.3 Å². The molecule has 186 valence electrons. The summed E-state index contributed by atoms with van der Waals surface area (Å²) < 4.78 is 60.3. The molecule has 0 fully saturated rings. The molecule has 13 heteroatoms. The zero-order valence-electron chi connectivity index (χ0n) is 18.3. The summed E-state index contributed by atoms with van der Waals surface area (Å²) in [6.45, 7) is -0.479. The predicted molar refractivity (Wildman–Crippen MR) is 121 cm³/mol. The first kappa shape index (κ1) is 23.5. The molecule has 0 saturated heterocycles. The number of methoxy groups -OCH3 is 1. The van der Waals surface area contributed by atoms with Crippen molar-refractivity contribution in [3.63, 3.8) is 0 Å². The molecule has 2 aromatic heterocycles. The number of halogens is 3. The summed E-state index contributed by atoms with van der Waals surface area (Å²) in [5.41, 5.74) is -2.83. The maximum absolute atomic E-state index is 15.5. The van der Waals surface area contributed by atoms with Crippen molar-refractivity contribution in [2.45, 2.75) is 13.0 Å². The average molecular weight is 520 g/mol. The summed E-state index contributed by atoms with van der Waals surface area (Å²) in [5, 5.41) is 10.4. The summed E-state index contributed by atoms with van der Waals surface area (Å²) in [4.78, 5) is 39.6. The Morgan fingerprint density at radius 1 is 1.22 bits per heavy atom. The van der Waals surface area contributed by atoms with E-state index < -0.39 is 47.0 Å². The highest BCUT2D eigenvalue weighted by molar-refractivity contribution is 7.13. The summed E-state index contributed by atoms with van der Waals surface area (Å²) >= 11 is 0.737. The Kier molecular flexibility index (Phi) is 5.71. The molecule has 1 aliphatic heterocycles. The van der Waals surface area contributed by atoms with Crippen LogP contribution in [-0.4, -0.2) is 34.3 Å². The van der Waals surface area contributed by atoms with Crippen molar-refractivity contribution in [3.8, 4) is 22.9 Å². The van der Waals surface area contributed by atoms with E-state index in [1.165, 1.54) is 18.6 Å². The zero-order chi connectivity index (χ0) is 25.7. The third kappa shape index (κ3) is 3.59. The van der Waals surface area contributed by atoms with Gasteiger partial charge in [-0.3, -0.25) is 4.79 Å². The molecule has 2 N–H and O–H groups in total. The minimum Gasteiger partial charge on any atom is -0.496 e. The van der Waals surface area contributed by atoms with Gasteiger partial charge in [0, 0.05) is 23.4 Å². The van der Waals surface area contributed by atoms with Gasteiger partial charge in [-0.05, 0) is 12.1 Å². The Labute approximate surface area is 202 Å². The largest absolute Gasteiger partial charge is 0.496 e. The number of aromatic amines is 1. The predicted octanol–water partition coefficient (Wildman–Crippen LogP) is 3.38. The molecule has 0 bridgehead atoms. The molecule has 0 aliphatic carbocycles. The Hall–Kier alpha value is -4.26. The van der Waals surface area contributed by atoms with Crippen molar-refractivity contribution in [1.82, 2.24) is 9.55 Å². The van der Waals surface area contributed by atoms with E-state index in [0.29, 0.717) is 4.57 Å². The fourth-order valence-electron chi connectivity index (χ4n) is 4.03. The van der Waals surface area contributed by atoms with Crippen molar-refractivity contribution in [2.75, 3.05) is 13.7 Å². The molecule has 0 saturated carbocycles. The lowest BCUT2D eigenvalue weighted by molar-refractivity contribution is 0.0704. The molecule has 0 spiro atoms. The Balaban J connectivity index is 1.67. The van der Waals surface area contributed by atoms with Crippen LogP contribution in [0.4, 0.5) is 13.2 Å². The Morgan fingerprint density at radius 2 is 2.00 bits per heavy atom. The van der Waals surface area contributed by atoms with E-state index in [-0.39, 0.29) is 57.2 Å². The van der Waals surface area contributed by atoms with Gasteiger partial charge < -0.3 is 24.3 Å². The van der Waals surface area contributed by atoms with E-state index in [0.717, 1.165) is 23.5 Å². The maximum Gasteiger partial charge on any atom is 0.346 e. The van der Waals surface area contributed by atoms with Gasteiger partial charge in [0.1, 0.15) is 17.2 Å². The number of H-pyrrole nitrogens is 1. The second kappa shape index (κ2) is 8.75. The van der Waals surface area contributed by atoms with Crippen LogP contribution < -0.4 is 25.5 Å². The lowest BCUT2D eigenvalue weighted by atomic mass is 10.1. The van der Waals surface area contributed by atoms with Crippen molar-refractivity contribution >= 4 is 28.2 Å². The number of hydrogen-bond acceptors (Lipinski definition) is 7. The molecule has 5 rings (SSSR count). The fraction of sp³-hybridized carbons (Fsp3) is 0.174. The number of nitrogens with one attached hydrogen (secondary N) is 1. The van der Waals surface area contributed by atoms with Crippen molar-refractivity contribution in [1.29, 1.82) is 0 Å². The lowest BCUT2D eigenvalue weighted by Crippen LogP contribution is -2.34. The highest BCUT2D eigenvalue weighted by Gasteiger charge is 2.29. The van der Waals surface area contributed by atoms with E-state index in [2.05, 4.69) is 4.98 Å². The van der Waals surface area contributed by atoms with Gasteiger partial charge in [-0.2, -0.15) is 0 Å². The minimum atomic E-state index is -1.39. The standard InChI is InChI=1S/C23H15F3N2O7S/c1-33-14-3-2-11(24)17(25)10(14)7-35-15-6-13(18(26)9-4-5-34-19(9)15)28-21(29)16-12(27-23(28)32)8-36-20(16)22(30)31/h2-3,6,8H,4-5,7H2,1H3,(H,27,32)(H,30,31). The van der Waals surface area contributed by atoms with Crippen LogP contribution in [0.15, 0.2) is 33.2 Å². The smallest absolute Gasteiger partial charge is 0.346 e. The Morgan fingerprint density at radius 3 is 2.72 bits per heavy atom. The number of aromatic nitrogens is 2. The van der Waals surface area contributed by atoms with Crippen LogP contribution in [0.3, 0.4) is 0 Å². The molecule has 0 unspecified atom stereocenters. The normalized spacial score (nSPS) is 12.4. The van der Waals surface area contributed by atoms with Crippen LogP contribution >= 0.6 is 11.3 Å². The zero-order valence-corrected chi connectivity index (χ0v) is 19.1. The van der Waals surface area contributed by atoms with Crippen LogP contribution in [-0.2, 0) is 13.0 Å². The summed E-state index contributed by atoms with van der Waals surface area (Å²) in [5.74, 6) is -4.81. The molecule has 9 nitrogen and oxygen atoms in total. The van der Waals surface area contributed by atoms with Gasteiger partial charge in [0.15, 0.2) is 29.0 Å². The average Bonchev–Trinajstić information content (AvgIpc) is 3.50. The van der Waals surface area contributed by atoms with Crippen LogP contribution in [0.25, 0.3) is 16.6 Å². The molecular formula is C23H15F3N2O7S. The van der Waals surface area contributed by atoms with Gasteiger partial charge in [-0.15, -0.1) is 11.3 Å². The number of benzene rings is 2. The van der Waals surface area contributed by atoms with Gasteiger partial charge in [0.05, 0.1) is 35.9 Å². The highest BCUT2D eigenvalue weighted by atomic mass is 32.1. The van der Waals surface area contributed by atoms with Gasteiger partial charge >= 0.3 is 11.7 Å². The Bertz CT molecular complexity index is 1680. The monoisotopic (exact) mass is 520 g/mol. The SMILES string of the molecule is COc1ccc(F)c(F)c1COc1cc(-n2c(=O)[nH]c3csc(C(=O)O)c3c2=O)c(F)c2c1OCC2. The van der Waals surface area contributed by atoms with Crippen LogP contribution in [0.2, 0.25) is 0 Å². The number of nitrogens with zero attached hydrogens (tertiary/aromatic N) is 1. The number of ether oxygens (including phenoxy) is 3. The van der Waals surface area contributed by atoms with E-state index in [1.807, 2.05) is 0 Å². The summed E-state index contributed by atoms with van der Waals surface area (Å²) in [6, 6.07) is 3.11. The number of hydrogen-bond donors (Lipinski definition) is 2. The number of carbonyl (C=O) groups is 1. The number of carboxylic acid groups (broad SMARTS) is 1. The third-order valence-corrected chi connectivity index (χ3v) is 6.65. The van der Waals surface area contributed by atoms with Crippen LogP contribution in [0, 0.1) is 17.5 Å². The first-order valence-electron chi connectivity index (χ1n) is 10.3. The molecule has 0 amide bonds. The quantitative estimate of drug-likeness (QED) is 0.400. The molecule has 0 radical (unpaired) electrons. The van der Waals surface area contributed by atoms with Crippen molar-refractivity contribution in [3.05, 3.63) is 77.9 Å². The molecule has 3 heterocycles. The molecule has 2 aromatic carbocycles. The lowest BCUT2D eigenvalue weighted by Gasteiger charge is -2.16. The van der Waals surface area contributed by atoms with Crippen molar-refractivity contribution in [2.24, 2.45) is 0 Å². The fourth-order valence-corrected chi connectivity index (χ4v) is 4.86. The molecule has 4 aromatic rings. The number of aromatic carboxylic acids is 1. The highest BCUT2D eigenvalue weighted by Crippen LogP contribution is 2.41. The summed E-state index contributed by atoms with van der Waals surface area (Å²) in [6.07, 6.45) is 0.0801. The van der Waals surface area contributed by atoms with E-state index in [1.54, 1.807) is 0 Å². The molecular weight excluding hydrogens is 505 g/mol. The van der Waals surface area contributed by atoms with Gasteiger partial charge in [0.2, 0.25) is 0 Å². The van der Waals surface area contributed by atoms with Gasteiger partial charge in [-0.25, -0.2) is 27.3 Å². The number of thiophene rings is 1. The molecule has 36 heavy (non-hydrogen) atoms. The minimum absolute atomic E-state index is 0.00120. The first-order chi connectivity index (χ1) is 17.2. The second-order valence-corrected chi connectivity index (χ2v) is 8.55. The van der Waals surface area contributed by atoms with E-state index >= 15 is 4.39 Å². The number of fused-ring (bicyclic) bond motifs is 2. The van der Waals surface area contributed by atoms with Crippen molar-refractivity contribution < 1.29 is 37.3 Å². The van der Waals surface area contributed by atoms with Gasteiger partial charge in [-0.1, -0.05) is 0 Å². The van der Waals surface area contributed by atoms with Crippen LogP contribution in [0.5, 0.6) is 17.2 Å². The number of carboxylic acids is 1. The molecule has 0 atom stereocenters. The van der Waals surface area contributed by atoms with Crippen LogP contribution in [0.1, 0.15) is 20.8 Å². The first-order valence-corrected chi connectivity index (χ1v) is 11.2. The second-order valence-electron chi connectivity index (χ2n) is 7.67. The summed E-state index contributed by atoms with van der Waals surface area (Å²) in [7, 11) is 1.26. The van der Waals surface area contributed by atoms with E-state index in [4.69, 9.17) is 14.2 Å². The third-order valence-electron chi connectivity index (χ3n) is 5.69. The molecule has 1 aliphatic rings. The maximum atomic E-state index is 15.5. The number of rotatable bonds is 6.